The molecule has 6 nitrogen and oxygen atoms in total. The summed E-state index contributed by atoms with van der Waals surface area (Å²) < 4.78 is 2.10. The maximum absolute atomic E-state index is 13.1. The average Bonchev–Trinajstić information content (AvgIpc) is 3.08. The van der Waals surface area contributed by atoms with Gasteiger partial charge in [0, 0.05) is 25.1 Å². The Morgan fingerprint density at radius 1 is 1.12 bits per heavy atom. The Morgan fingerprint density at radius 2 is 1.96 bits per heavy atom. The lowest BCUT2D eigenvalue weighted by Crippen LogP contribution is -2.41. The lowest BCUT2D eigenvalue weighted by atomic mass is 10.0. The second-order valence-electron chi connectivity index (χ2n) is 5.84. The van der Waals surface area contributed by atoms with E-state index in [0.29, 0.717) is 24.6 Å². The van der Waals surface area contributed by atoms with E-state index < -0.39 is 0 Å². The molecule has 1 aliphatic heterocycles. The summed E-state index contributed by atoms with van der Waals surface area (Å²) in [5.74, 6) is 1.39. The fourth-order valence-corrected chi connectivity index (χ4v) is 3.10. The Hall–Kier alpha value is -3.02. The molecule has 1 atom stereocenters. The molecule has 1 aliphatic rings. The van der Waals surface area contributed by atoms with Crippen molar-refractivity contribution >= 4 is 5.91 Å². The number of benzene rings is 1. The Bertz CT molecular complexity index is 874. The first kappa shape index (κ1) is 14.6. The molecule has 0 saturated carbocycles. The van der Waals surface area contributed by atoms with Crippen LogP contribution in [-0.4, -0.2) is 30.3 Å². The zero-order valence-electron chi connectivity index (χ0n) is 13.3. The molecule has 0 radical (unpaired) electrons. The van der Waals surface area contributed by atoms with E-state index >= 15 is 0 Å². The molecule has 120 valence electrons. The molecule has 6 heteroatoms. The monoisotopic (exact) mass is 319 g/mol. The third-order valence-corrected chi connectivity index (χ3v) is 4.30. The molecule has 0 spiro atoms. The van der Waals surface area contributed by atoms with E-state index in [1.54, 1.807) is 25.4 Å². The van der Waals surface area contributed by atoms with Crippen molar-refractivity contribution in [2.45, 2.75) is 26.1 Å². The lowest BCUT2D eigenvalue weighted by molar-refractivity contribution is 0.0578. The van der Waals surface area contributed by atoms with Crippen molar-refractivity contribution in [3.63, 3.8) is 0 Å². The molecule has 0 saturated heterocycles. The van der Waals surface area contributed by atoms with E-state index in [2.05, 4.69) is 31.7 Å². The van der Waals surface area contributed by atoms with E-state index in [9.17, 15) is 4.79 Å². The number of amides is 1. The standard InChI is InChI=1S/C18H17N5O/c1-13-19-8-7-15(21-13)18(24)23-12-17-20-9-10-22(17)11-16(23)14-5-3-2-4-6-14/h2-10,16H,11-12H2,1H3. The molecule has 1 aromatic carbocycles. The SMILES string of the molecule is Cc1nccc(C(=O)N2Cc3nccn3CC2c2ccccc2)n1. The van der Waals surface area contributed by atoms with Gasteiger partial charge in [0.05, 0.1) is 12.6 Å². The van der Waals surface area contributed by atoms with Crippen molar-refractivity contribution in [3.8, 4) is 0 Å². The van der Waals surface area contributed by atoms with E-state index in [0.717, 1.165) is 11.4 Å². The van der Waals surface area contributed by atoms with Crippen LogP contribution in [0.4, 0.5) is 0 Å². The fourth-order valence-electron chi connectivity index (χ4n) is 3.10. The van der Waals surface area contributed by atoms with Gasteiger partial charge in [-0.05, 0) is 18.6 Å². The van der Waals surface area contributed by atoms with Gasteiger partial charge in [-0.15, -0.1) is 0 Å². The minimum absolute atomic E-state index is 0.0457. The van der Waals surface area contributed by atoms with Gasteiger partial charge in [-0.1, -0.05) is 30.3 Å². The number of rotatable bonds is 2. The maximum Gasteiger partial charge on any atom is 0.273 e. The Kier molecular flexibility index (Phi) is 3.57. The molecule has 2 aromatic heterocycles. The second kappa shape index (κ2) is 5.88. The van der Waals surface area contributed by atoms with Crippen molar-refractivity contribution < 1.29 is 4.79 Å². The van der Waals surface area contributed by atoms with Gasteiger partial charge in [-0.2, -0.15) is 0 Å². The topological polar surface area (TPSA) is 63.9 Å². The van der Waals surface area contributed by atoms with Gasteiger partial charge in [0.2, 0.25) is 0 Å². The fraction of sp³-hybridized carbons (Fsp3) is 0.222. The van der Waals surface area contributed by atoms with Gasteiger partial charge in [0.25, 0.3) is 5.91 Å². The summed E-state index contributed by atoms with van der Waals surface area (Å²) in [5, 5.41) is 0. The summed E-state index contributed by atoms with van der Waals surface area (Å²) in [4.78, 5) is 27.6. The molecular weight excluding hydrogens is 302 g/mol. The van der Waals surface area contributed by atoms with Gasteiger partial charge in [-0.25, -0.2) is 15.0 Å². The third kappa shape index (κ3) is 2.56. The largest absolute Gasteiger partial charge is 0.331 e. The normalized spacial score (nSPS) is 16.7. The predicted octanol–water partition coefficient (Wildman–Crippen LogP) is 2.38. The van der Waals surface area contributed by atoms with Crippen LogP contribution >= 0.6 is 0 Å². The molecule has 0 fully saturated rings. The predicted molar refractivity (Wildman–Crippen MR) is 88.1 cm³/mol. The Morgan fingerprint density at radius 3 is 2.75 bits per heavy atom. The molecular formula is C18H17N5O. The zero-order valence-corrected chi connectivity index (χ0v) is 13.3. The summed E-state index contributed by atoms with van der Waals surface area (Å²) >= 11 is 0. The highest BCUT2D eigenvalue weighted by molar-refractivity contribution is 5.92. The first-order valence-corrected chi connectivity index (χ1v) is 7.88. The highest BCUT2D eigenvalue weighted by atomic mass is 16.2. The molecule has 24 heavy (non-hydrogen) atoms. The highest BCUT2D eigenvalue weighted by Crippen LogP contribution is 2.30. The number of carbonyl (C=O) groups is 1. The molecule has 4 rings (SSSR count). The van der Waals surface area contributed by atoms with Crippen molar-refractivity contribution in [1.82, 2.24) is 24.4 Å². The number of aryl methyl sites for hydroxylation is 1. The minimum atomic E-state index is -0.0939. The molecule has 1 amide bonds. The lowest BCUT2D eigenvalue weighted by Gasteiger charge is -2.36. The van der Waals surface area contributed by atoms with Gasteiger partial charge in [-0.3, -0.25) is 4.79 Å². The van der Waals surface area contributed by atoms with Crippen LogP contribution in [0.15, 0.2) is 55.0 Å². The summed E-state index contributed by atoms with van der Waals surface area (Å²) in [6.07, 6.45) is 5.36. The van der Waals surface area contributed by atoms with E-state index in [1.165, 1.54) is 0 Å². The smallest absolute Gasteiger partial charge is 0.273 e. The quantitative estimate of drug-likeness (QED) is 0.727. The van der Waals surface area contributed by atoms with Crippen LogP contribution in [0.2, 0.25) is 0 Å². The van der Waals surface area contributed by atoms with Gasteiger partial charge in [0.1, 0.15) is 17.3 Å². The van der Waals surface area contributed by atoms with Gasteiger partial charge < -0.3 is 9.47 Å². The highest BCUT2D eigenvalue weighted by Gasteiger charge is 2.32. The third-order valence-electron chi connectivity index (χ3n) is 4.30. The van der Waals surface area contributed by atoms with Crippen molar-refractivity contribution in [1.29, 1.82) is 0 Å². The van der Waals surface area contributed by atoms with Crippen LogP contribution in [0, 0.1) is 6.92 Å². The number of imidazole rings is 1. The van der Waals surface area contributed by atoms with Crippen molar-refractivity contribution in [2.75, 3.05) is 0 Å². The molecule has 0 aliphatic carbocycles. The van der Waals surface area contributed by atoms with Crippen molar-refractivity contribution in [3.05, 3.63) is 77.9 Å². The van der Waals surface area contributed by atoms with E-state index in [1.807, 2.05) is 29.3 Å². The van der Waals surface area contributed by atoms with Crippen LogP contribution in [0.5, 0.6) is 0 Å². The van der Waals surface area contributed by atoms with E-state index in [-0.39, 0.29) is 11.9 Å². The second-order valence-corrected chi connectivity index (χ2v) is 5.84. The number of nitrogens with zero attached hydrogens (tertiary/aromatic N) is 5. The van der Waals surface area contributed by atoms with Crippen molar-refractivity contribution in [2.24, 2.45) is 0 Å². The molecule has 3 aromatic rings. The summed E-state index contributed by atoms with van der Waals surface area (Å²) in [6.45, 7) is 2.94. The van der Waals surface area contributed by atoms with Crippen LogP contribution in [0.3, 0.4) is 0 Å². The average molecular weight is 319 g/mol. The molecule has 3 heterocycles. The molecule has 0 bridgehead atoms. The van der Waals surface area contributed by atoms with Crippen LogP contribution < -0.4 is 0 Å². The number of carbonyl (C=O) groups excluding carboxylic acids is 1. The van der Waals surface area contributed by atoms with E-state index in [4.69, 9.17) is 0 Å². The first-order chi connectivity index (χ1) is 11.7. The maximum atomic E-state index is 13.1. The summed E-state index contributed by atoms with van der Waals surface area (Å²) in [6, 6.07) is 11.7. The Balaban J connectivity index is 1.74. The molecule has 1 unspecified atom stereocenters. The minimum Gasteiger partial charge on any atom is -0.331 e. The number of fused-ring (bicyclic) bond motifs is 1. The van der Waals surface area contributed by atoms with Gasteiger partial charge in [0.15, 0.2) is 0 Å². The molecule has 0 N–H and O–H groups in total. The number of hydrogen-bond donors (Lipinski definition) is 0. The van der Waals surface area contributed by atoms with Crippen LogP contribution in [-0.2, 0) is 13.1 Å². The summed E-state index contributed by atoms with van der Waals surface area (Å²) in [7, 11) is 0. The first-order valence-electron chi connectivity index (χ1n) is 7.88. The number of aromatic nitrogens is 4. The summed E-state index contributed by atoms with van der Waals surface area (Å²) in [5.41, 5.74) is 1.53. The Labute approximate surface area is 139 Å². The zero-order chi connectivity index (χ0) is 16.5. The van der Waals surface area contributed by atoms with Crippen LogP contribution in [0.1, 0.15) is 33.7 Å². The van der Waals surface area contributed by atoms with Gasteiger partial charge >= 0.3 is 0 Å². The number of hydrogen-bond acceptors (Lipinski definition) is 4. The van der Waals surface area contributed by atoms with Crippen LogP contribution in [0.25, 0.3) is 0 Å².